The summed E-state index contributed by atoms with van der Waals surface area (Å²) < 4.78 is 0. The van der Waals surface area contributed by atoms with Crippen molar-refractivity contribution in [2.75, 3.05) is 18.0 Å². The van der Waals surface area contributed by atoms with Gasteiger partial charge in [0.05, 0.1) is 0 Å². The molecule has 0 atom stereocenters. The fourth-order valence-corrected chi connectivity index (χ4v) is 2.78. The van der Waals surface area contributed by atoms with E-state index in [1.165, 1.54) is 31.0 Å². The Bertz CT molecular complexity index is 652. The zero-order chi connectivity index (χ0) is 13.9. The maximum Gasteiger partial charge on any atom is 0.328 e. The molecule has 4 heteroatoms. The lowest BCUT2D eigenvalue weighted by Crippen LogP contribution is -2.29. The lowest BCUT2D eigenvalue weighted by molar-refractivity contribution is -0.131. The Balaban J connectivity index is 1.96. The molecule has 0 aliphatic carbocycles. The minimum atomic E-state index is -0.925. The molecule has 0 unspecified atom stereocenters. The summed E-state index contributed by atoms with van der Waals surface area (Å²) in [5.41, 5.74) is 3.18. The summed E-state index contributed by atoms with van der Waals surface area (Å²) in [4.78, 5) is 16.2. The molecule has 0 spiro atoms. The van der Waals surface area contributed by atoms with Crippen molar-refractivity contribution in [2.45, 2.75) is 19.3 Å². The van der Waals surface area contributed by atoms with Gasteiger partial charge in [-0.2, -0.15) is 0 Å². The molecule has 104 valence electrons. The largest absolute Gasteiger partial charge is 0.478 e. The third kappa shape index (κ3) is 2.54. The standard InChI is InChI=1S/C16H18N2O2/c19-16(20)7-4-12-11-17-15-6-5-13(10-14(12)15)18-8-2-1-3-9-18/h4-7,10-11,17H,1-3,8-9H2,(H,19,20)/b7-4-. The molecule has 0 radical (unpaired) electrons. The number of nitrogens with one attached hydrogen (secondary N) is 1. The van der Waals surface area contributed by atoms with Gasteiger partial charge < -0.3 is 15.0 Å². The molecule has 0 bridgehead atoms. The van der Waals surface area contributed by atoms with Gasteiger partial charge in [0.25, 0.3) is 0 Å². The van der Waals surface area contributed by atoms with Crippen molar-refractivity contribution in [1.29, 1.82) is 0 Å². The number of fused-ring (bicyclic) bond motifs is 1. The van der Waals surface area contributed by atoms with Crippen LogP contribution in [0.4, 0.5) is 5.69 Å². The van der Waals surface area contributed by atoms with E-state index in [1.807, 2.05) is 6.20 Å². The number of aromatic amines is 1. The fourth-order valence-electron chi connectivity index (χ4n) is 2.78. The van der Waals surface area contributed by atoms with E-state index >= 15 is 0 Å². The number of aromatic nitrogens is 1. The SMILES string of the molecule is O=C(O)/C=C\c1c[nH]c2ccc(N3CCCCC3)cc12. The zero-order valence-electron chi connectivity index (χ0n) is 11.3. The molecule has 2 N–H and O–H groups in total. The number of benzene rings is 1. The highest BCUT2D eigenvalue weighted by Gasteiger charge is 2.12. The average molecular weight is 270 g/mol. The maximum atomic E-state index is 10.6. The van der Waals surface area contributed by atoms with Crippen LogP contribution in [-0.2, 0) is 4.79 Å². The van der Waals surface area contributed by atoms with Gasteiger partial charge in [-0.3, -0.25) is 0 Å². The van der Waals surface area contributed by atoms with Crippen molar-refractivity contribution in [3.8, 4) is 0 Å². The highest BCUT2D eigenvalue weighted by atomic mass is 16.4. The summed E-state index contributed by atoms with van der Waals surface area (Å²) in [6.07, 6.45) is 8.48. The molecule has 2 heterocycles. The van der Waals surface area contributed by atoms with E-state index in [0.717, 1.165) is 29.6 Å². The Hall–Kier alpha value is -2.23. The summed E-state index contributed by atoms with van der Waals surface area (Å²) >= 11 is 0. The van der Waals surface area contributed by atoms with E-state index in [-0.39, 0.29) is 0 Å². The van der Waals surface area contributed by atoms with Crippen molar-refractivity contribution in [1.82, 2.24) is 4.98 Å². The summed E-state index contributed by atoms with van der Waals surface area (Å²) in [6.45, 7) is 2.21. The summed E-state index contributed by atoms with van der Waals surface area (Å²) in [7, 11) is 0. The summed E-state index contributed by atoms with van der Waals surface area (Å²) in [5, 5.41) is 9.81. The molecule has 1 saturated heterocycles. The van der Waals surface area contributed by atoms with Crippen LogP contribution in [0.1, 0.15) is 24.8 Å². The van der Waals surface area contributed by atoms with Gasteiger partial charge >= 0.3 is 5.97 Å². The number of anilines is 1. The number of rotatable bonds is 3. The highest BCUT2D eigenvalue weighted by molar-refractivity contribution is 5.94. The van der Waals surface area contributed by atoms with Crippen molar-refractivity contribution in [3.05, 3.63) is 36.0 Å². The molecular weight excluding hydrogens is 252 g/mol. The fraction of sp³-hybridized carbons (Fsp3) is 0.312. The molecule has 1 aromatic carbocycles. The van der Waals surface area contributed by atoms with E-state index in [0.29, 0.717) is 0 Å². The zero-order valence-corrected chi connectivity index (χ0v) is 11.3. The average Bonchev–Trinajstić information content (AvgIpc) is 2.88. The number of H-pyrrole nitrogens is 1. The highest BCUT2D eigenvalue weighted by Crippen LogP contribution is 2.27. The second-order valence-electron chi connectivity index (χ2n) is 5.19. The van der Waals surface area contributed by atoms with Crippen LogP contribution in [0.15, 0.2) is 30.5 Å². The van der Waals surface area contributed by atoms with Gasteiger partial charge in [0.1, 0.15) is 0 Å². The van der Waals surface area contributed by atoms with Crippen LogP contribution in [0.3, 0.4) is 0 Å². The number of carboxylic acids is 1. The third-order valence-corrected chi connectivity index (χ3v) is 3.82. The van der Waals surface area contributed by atoms with Crippen molar-refractivity contribution in [3.63, 3.8) is 0 Å². The van der Waals surface area contributed by atoms with Crippen molar-refractivity contribution < 1.29 is 9.90 Å². The number of carbonyl (C=O) groups is 1. The van der Waals surface area contributed by atoms with Gasteiger partial charge in [-0.1, -0.05) is 0 Å². The minimum Gasteiger partial charge on any atom is -0.478 e. The summed E-state index contributed by atoms with van der Waals surface area (Å²) in [6, 6.07) is 6.35. The van der Waals surface area contributed by atoms with Crippen molar-refractivity contribution >= 4 is 28.6 Å². The number of nitrogens with zero attached hydrogens (tertiary/aromatic N) is 1. The number of carboxylic acid groups (broad SMARTS) is 1. The first-order valence-corrected chi connectivity index (χ1v) is 7.01. The second-order valence-corrected chi connectivity index (χ2v) is 5.19. The Morgan fingerprint density at radius 2 is 2.05 bits per heavy atom. The van der Waals surface area contributed by atoms with Gasteiger partial charge in [-0.15, -0.1) is 0 Å². The van der Waals surface area contributed by atoms with E-state index in [4.69, 9.17) is 5.11 Å². The van der Waals surface area contributed by atoms with Crippen LogP contribution in [-0.4, -0.2) is 29.1 Å². The predicted molar refractivity (Wildman–Crippen MR) is 81.0 cm³/mol. The van der Waals surface area contributed by atoms with E-state index in [1.54, 1.807) is 6.08 Å². The first-order chi connectivity index (χ1) is 9.74. The third-order valence-electron chi connectivity index (χ3n) is 3.82. The van der Waals surface area contributed by atoms with E-state index in [2.05, 4.69) is 28.1 Å². The molecule has 4 nitrogen and oxygen atoms in total. The monoisotopic (exact) mass is 270 g/mol. The van der Waals surface area contributed by atoms with Gasteiger partial charge in [-0.25, -0.2) is 4.79 Å². The van der Waals surface area contributed by atoms with Gasteiger partial charge in [0.15, 0.2) is 0 Å². The topological polar surface area (TPSA) is 56.3 Å². The molecule has 20 heavy (non-hydrogen) atoms. The van der Waals surface area contributed by atoms with Crippen LogP contribution < -0.4 is 4.90 Å². The van der Waals surface area contributed by atoms with Crippen LogP contribution in [0, 0.1) is 0 Å². The summed E-state index contributed by atoms with van der Waals surface area (Å²) in [5.74, 6) is -0.925. The Labute approximate surface area is 117 Å². The first-order valence-electron chi connectivity index (χ1n) is 7.01. The molecule has 1 aliphatic heterocycles. The molecule has 1 fully saturated rings. The molecular formula is C16H18N2O2. The first kappa shape index (κ1) is 12.8. The van der Waals surface area contributed by atoms with E-state index in [9.17, 15) is 4.79 Å². The smallest absolute Gasteiger partial charge is 0.328 e. The lowest BCUT2D eigenvalue weighted by atomic mass is 10.1. The van der Waals surface area contributed by atoms with Crippen molar-refractivity contribution in [2.24, 2.45) is 0 Å². The van der Waals surface area contributed by atoms with Gasteiger partial charge in [-0.05, 0) is 43.5 Å². The molecule has 1 aliphatic rings. The predicted octanol–water partition coefficient (Wildman–Crippen LogP) is 3.26. The van der Waals surface area contributed by atoms with Crippen LogP contribution in [0.2, 0.25) is 0 Å². The van der Waals surface area contributed by atoms with Crippen LogP contribution in [0.25, 0.3) is 17.0 Å². The molecule has 3 rings (SSSR count). The number of hydrogen-bond acceptors (Lipinski definition) is 2. The number of hydrogen-bond donors (Lipinski definition) is 2. The molecule has 1 aromatic heterocycles. The van der Waals surface area contributed by atoms with E-state index < -0.39 is 5.97 Å². The van der Waals surface area contributed by atoms with Crippen LogP contribution >= 0.6 is 0 Å². The maximum absolute atomic E-state index is 10.6. The van der Waals surface area contributed by atoms with Gasteiger partial charge in [0, 0.05) is 47.5 Å². The lowest BCUT2D eigenvalue weighted by Gasteiger charge is -2.28. The Morgan fingerprint density at radius 1 is 1.25 bits per heavy atom. The minimum absolute atomic E-state index is 0.918. The van der Waals surface area contributed by atoms with Crippen LogP contribution in [0.5, 0.6) is 0 Å². The second kappa shape index (κ2) is 5.41. The van der Waals surface area contributed by atoms with Gasteiger partial charge in [0.2, 0.25) is 0 Å². The number of aliphatic carboxylic acids is 1. The Morgan fingerprint density at radius 3 is 2.80 bits per heavy atom. The quantitative estimate of drug-likeness (QED) is 0.842. The molecule has 0 amide bonds. The normalized spacial score (nSPS) is 16.1. The molecule has 0 saturated carbocycles. The number of piperidine rings is 1. The molecule has 2 aromatic rings. The Kier molecular flexibility index (Phi) is 3.46.